The van der Waals surface area contributed by atoms with Crippen molar-refractivity contribution in [1.82, 2.24) is 4.90 Å². The number of carbonyl (C=O) groups is 1. The monoisotopic (exact) mass is 395 g/mol. The van der Waals surface area contributed by atoms with E-state index in [4.69, 9.17) is 16.3 Å². The summed E-state index contributed by atoms with van der Waals surface area (Å²) in [5, 5.41) is 0. The second-order valence-electron chi connectivity index (χ2n) is 4.06. The van der Waals surface area contributed by atoms with Crippen LogP contribution in [-0.2, 0) is 4.74 Å². The number of alkyl halides is 1. The summed E-state index contributed by atoms with van der Waals surface area (Å²) in [6.45, 7) is 1.70. The summed E-state index contributed by atoms with van der Waals surface area (Å²) in [5.74, 6) is 0.418. The van der Waals surface area contributed by atoms with E-state index in [1.807, 2.05) is 18.2 Å². The molecule has 1 amide bonds. The zero-order valence-electron chi connectivity index (χ0n) is 9.54. The van der Waals surface area contributed by atoms with Crippen molar-refractivity contribution in [3.8, 4) is 0 Å². The summed E-state index contributed by atoms with van der Waals surface area (Å²) >= 11 is 12.5. The normalized spacial score (nSPS) is 19.9. The average Bonchev–Trinajstić information content (AvgIpc) is 2.37. The number of ether oxygens (including phenoxy) is 1. The number of amides is 1. The molecule has 1 aliphatic rings. The number of rotatable bonds is 2. The molecule has 0 aromatic heterocycles. The van der Waals surface area contributed by atoms with E-state index in [2.05, 4.69) is 31.9 Å². The molecule has 0 bridgehead atoms. The van der Waals surface area contributed by atoms with E-state index in [1.165, 1.54) is 0 Å². The number of nitrogens with zero attached hydrogens (tertiary/aromatic N) is 1. The molecule has 1 heterocycles. The molecule has 0 spiro atoms. The molecule has 1 aliphatic heterocycles. The standard InChI is InChI=1S/C12H12Br2ClNO2/c13-9-3-8(4-10(14)5-9)12(17)16-1-2-18-11(6-15)7-16/h3-5,11H,1-2,6-7H2. The highest BCUT2D eigenvalue weighted by Gasteiger charge is 2.24. The molecule has 1 unspecified atom stereocenters. The van der Waals surface area contributed by atoms with Gasteiger partial charge in [-0.25, -0.2) is 0 Å². The molecule has 0 aliphatic carbocycles. The van der Waals surface area contributed by atoms with Gasteiger partial charge in [-0.2, -0.15) is 0 Å². The molecule has 0 radical (unpaired) electrons. The van der Waals surface area contributed by atoms with Gasteiger partial charge in [-0.1, -0.05) is 31.9 Å². The smallest absolute Gasteiger partial charge is 0.254 e. The van der Waals surface area contributed by atoms with Crippen molar-refractivity contribution < 1.29 is 9.53 Å². The Kier molecular flexibility index (Phi) is 5.06. The molecule has 18 heavy (non-hydrogen) atoms. The van der Waals surface area contributed by atoms with Crippen molar-refractivity contribution in [2.24, 2.45) is 0 Å². The lowest BCUT2D eigenvalue weighted by Gasteiger charge is -2.32. The Morgan fingerprint density at radius 2 is 2.06 bits per heavy atom. The van der Waals surface area contributed by atoms with Crippen LogP contribution in [0.15, 0.2) is 27.1 Å². The predicted molar refractivity (Wildman–Crippen MR) is 78.2 cm³/mol. The molecule has 98 valence electrons. The largest absolute Gasteiger partial charge is 0.373 e. The number of carbonyl (C=O) groups excluding carboxylic acids is 1. The van der Waals surface area contributed by atoms with Crippen LogP contribution in [0.4, 0.5) is 0 Å². The molecule has 6 heteroatoms. The Bertz CT molecular complexity index is 435. The first kappa shape index (κ1) is 14.3. The van der Waals surface area contributed by atoms with Crippen molar-refractivity contribution in [2.45, 2.75) is 6.10 Å². The molecule has 1 atom stereocenters. The van der Waals surface area contributed by atoms with Crippen molar-refractivity contribution in [2.75, 3.05) is 25.6 Å². The molecule has 1 aromatic carbocycles. The Labute approximate surface area is 128 Å². The fourth-order valence-corrected chi connectivity index (χ4v) is 3.34. The number of halogens is 3. The molecular weight excluding hydrogens is 385 g/mol. The van der Waals surface area contributed by atoms with Gasteiger partial charge in [0.05, 0.1) is 18.6 Å². The lowest BCUT2D eigenvalue weighted by Crippen LogP contribution is -2.46. The van der Waals surface area contributed by atoms with Crippen LogP contribution in [0.3, 0.4) is 0 Å². The number of hydrogen-bond donors (Lipinski definition) is 0. The van der Waals surface area contributed by atoms with Crippen LogP contribution >= 0.6 is 43.5 Å². The molecule has 3 nitrogen and oxygen atoms in total. The number of hydrogen-bond acceptors (Lipinski definition) is 2. The highest BCUT2D eigenvalue weighted by molar-refractivity contribution is 9.11. The summed E-state index contributed by atoms with van der Waals surface area (Å²) in [7, 11) is 0. The number of morpholine rings is 1. The first-order valence-electron chi connectivity index (χ1n) is 5.53. The second kappa shape index (κ2) is 6.37. The maximum atomic E-state index is 12.4. The minimum Gasteiger partial charge on any atom is -0.373 e. The van der Waals surface area contributed by atoms with Gasteiger partial charge in [0.15, 0.2) is 0 Å². The Morgan fingerprint density at radius 1 is 1.39 bits per heavy atom. The molecule has 1 aromatic rings. The zero-order chi connectivity index (χ0) is 13.1. The van der Waals surface area contributed by atoms with Crippen LogP contribution in [0.5, 0.6) is 0 Å². The van der Waals surface area contributed by atoms with Crippen LogP contribution < -0.4 is 0 Å². The fraction of sp³-hybridized carbons (Fsp3) is 0.417. The van der Waals surface area contributed by atoms with Crippen molar-refractivity contribution in [3.63, 3.8) is 0 Å². The Balaban J connectivity index is 2.15. The van der Waals surface area contributed by atoms with Gasteiger partial charge in [-0.05, 0) is 18.2 Å². The van der Waals surface area contributed by atoms with E-state index < -0.39 is 0 Å². The Morgan fingerprint density at radius 3 is 2.67 bits per heavy atom. The third-order valence-electron chi connectivity index (χ3n) is 2.71. The molecule has 1 saturated heterocycles. The van der Waals surface area contributed by atoms with Gasteiger partial charge >= 0.3 is 0 Å². The molecule has 2 rings (SSSR count). The van der Waals surface area contributed by atoms with Gasteiger partial charge in [0.1, 0.15) is 0 Å². The SMILES string of the molecule is O=C(c1cc(Br)cc(Br)c1)N1CCOC(CCl)C1. The number of benzene rings is 1. The third kappa shape index (κ3) is 3.47. The topological polar surface area (TPSA) is 29.5 Å². The highest BCUT2D eigenvalue weighted by atomic mass is 79.9. The van der Waals surface area contributed by atoms with Gasteiger partial charge in [0.25, 0.3) is 5.91 Å². The maximum absolute atomic E-state index is 12.4. The van der Waals surface area contributed by atoms with Crippen LogP contribution in [0, 0.1) is 0 Å². The van der Waals surface area contributed by atoms with E-state index in [9.17, 15) is 4.79 Å². The van der Waals surface area contributed by atoms with Crippen LogP contribution in [0.25, 0.3) is 0 Å². The van der Waals surface area contributed by atoms with Crippen LogP contribution in [0.1, 0.15) is 10.4 Å². The zero-order valence-corrected chi connectivity index (χ0v) is 13.5. The van der Waals surface area contributed by atoms with Gasteiger partial charge in [-0.3, -0.25) is 4.79 Å². The van der Waals surface area contributed by atoms with Crippen molar-refractivity contribution in [3.05, 3.63) is 32.7 Å². The summed E-state index contributed by atoms with van der Waals surface area (Å²) in [4.78, 5) is 14.1. The van der Waals surface area contributed by atoms with Crippen molar-refractivity contribution in [1.29, 1.82) is 0 Å². The average molecular weight is 397 g/mol. The summed E-state index contributed by atoms with van der Waals surface area (Å²) in [6.07, 6.45) is -0.0695. The Hall–Kier alpha value is -0.100. The lowest BCUT2D eigenvalue weighted by atomic mass is 10.2. The second-order valence-corrected chi connectivity index (χ2v) is 6.20. The predicted octanol–water partition coefficient (Wildman–Crippen LogP) is 3.29. The summed E-state index contributed by atoms with van der Waals surface area (Å²) in [5.41, 5.74) is 0.659. The first-order chi connectivity index (χ1) is 8.60. The van der Waals surface area contributed by atoms with Gasteiger partial charge < -0.3 is 9.64 Å². The quantitative estimate of drug-likeness (QED) is 0.717. The molecule has 1 fully saturated rings. The molecular formula is C12H12Br2ClNO2. The first-order valence-corrected chi connectivity index (χ1v) is 7.65. The van der Waals surface area contributed by atoms with Gasteiger partial charge in [0, 0.05) is 27.6 Å². The fourth-order valence-electron chi connectivity index (χ4n) is 1.86. The lowest BCUT2D eigenvalue weighted by molar-refractivity contribution is -0.0108. The molecule has 0 N–H and O–H groups in total. The van der Waals surface area contributed by atoms with E-state index in [-0.39, 0.29) is 12.0 Å². The molecule has 0 saturated carbocycles. The van der Waals surface area contributed by atoms with Gasteiger partial charge in [0.2, 0.25) is 0 Å². The highest BCUT2D eigenvalue weighted by Crippen LogP contribution is 2.22. The van der Waals surface area contributed by atoms with E-state index in [0.717, 1.165) is 8.95 Å². The maximum Gasteiger partial charge on any atom is 0.254 e. The third-order valence-corrected chi connectivity index (χ3v) is 3.97. The van der Waals surface area contributed by atoms with E-state index in [1.54, 1.807) is 4.90 Å². The van der Waals surface area contributed by atoms with Crippen LogP contribution in [-0.4, -0.2) is 42.5 Å². The minimum atomic E-state index is -0.0695. The minimum absolute atomic E-state index is 0.00965. The van der Waals surface area contributed by atoms with E-state index >= 15 is 0 Å². The van der Waals surface area contributed by atoms with Crippen molar-refractivity contribution >= 4 is 49.4 Å². The van der Waals surface area contributed by atoms with Crippen LogP contribution in [0.2, 0.25) is 0 Å². The summed E-state index contributed by atoms with van der Waals surface area (Å²) < 4.78 is 7.20. The van der Waals surface area contributed by atoms with E-state index in [0.29, 0.717) is 31.1 Å². The van der Waals surface area contributed by atoms with Gasteiger partial charge in [-0.15, -0.1) is 11.6 Å². The summed E-state index contributed by atoms with van der Waals surface area (Å²) in [6, 6.07) is 5.54.